The van der Waals surface area contributed by atoms with E-state index in [0.29, 0.717) is 0 Å². The standard InChI is InChI=1S/C8H14N2O3/c1-4(2)6(9)7(12)8-10-3-5(11)13-8/h4,6,8,10H,3,9H2,1-2H3/t6-,8?/m0/s1. The summed E-state index contributed by atoms with van der Waals surface area (Å²) >= 11 is 0. The summed E-state index contributed by atoms with van der Waals surface area (Å²) in [6.07, 6.45) is -0.843. The summed E-state index contributed by atoms with van der Waals surface area (Å²) in [5.74, 6) is -0.622. The lowest BCUT2D eigenvalue weighted by molar-refractivity contribution is -0.147. The first kappa shape index (κ1) is 10.1. The maximum absolute atomic E-state index is 11.5. The summed E-state index contributed by atoms with van der Waals surface area (Å²) < 4.78 is 4.71. The monoisotopic (exact) mass is 186 g/mol. The van der Waals surface area contributed by atoms with Gasteiger partial charge in [-0.05, 0) is 5.92 Å². The van der Waals surface area contributed by atoms with Gasteiger partial charge in [0.1, 0.15) is 0 Å². The van der Waals surface area contributed by atoms with Gasteiger partial charge in [-0.15, -0.1) is 0 Å². The normalized spacial score (nSPS) is 24.6. The zero-order valence-corrected chi connectivity index (χ0v) is 7.74. The van der Waals surface area contributed by atoms with E-state index in [-0.39, 0.29) is 18.2 Å². The van der Waals surface area contributed by atoms with Crippen LogP contribution in [-0.2, 0) is 14.3 Å². The maximum atomic E-state index is 11.5. The highest BCUT2D eigenvalue weighted by atomic mass is 16.6. The number of esters is 1. The number of carbonyl (C=O) groups is 2. The third-order valence-corrected chi connectivity index (χ3v) is 1.99. The van der Waals surface area contributed by atoms with E-state index in [2.05, 4.69) is 5.32 Å². The van der Waals surface area contributed by atoms with Gasteiger partial charge in [-0.2, -0.15) is 0 Å². The van der Waals surface area contributed by atoms with Crippen LogP contribution >= 0.6 is 0 Å². The van der Waals surface area contributed by atoms with E-state index in [1.54, 1.807) is 0 Å². The van der Waals surface area contributed by atoms with Gasteiger partial charge in [0.25, 0.3) is 0 Å². The molecule has 0 aromatic rings. The van der Waals surface area contributed by atoms with Gasteiger partial charge in [0.2, 0.25) is 12.0 Å². The summed E-state index contributed by atoms with van der Waals surface area (Å²) in [6.45, 7) is 3.78. The number of nitrogens with two attached hydrogens (primary N) is 1. The fourth-order valence-corrected chi connectivity index (χ4v) is 1.05. The molecule has 1 heterocycles. The van der Waals surface area contributed by atoms with Crippen LogP contribution in [0.1, 0.15) is 13.8 Å². The lowest BCUT2D eigenvalue weighted by atomic mass is 10.0. The highest BCUT2D eigenvalue weighted by Crippen LogP contribution is 2.06. The number of ketones is 1. The van der Waals surface area contributed by atoms with E-state index in [1.807, 2.05) is 13.8 Å². The highest BCUT2D eigenvalue weighted by molar-refractivity contribution is 5.91. The van der Waals surface area contributed by atoms with Crippen molar-refractivity contribution in [2.45, 2.75) is 26.1 Å². The van der Waals surface area contributed by atoms with Crippen molar-refractivity contribution in [3.8, 4) is 0 Å². The molecule has 1 aliphatic heterocycles. The topological polar surface area (TPSA) is 81.4 Å². The molecule has 1 fully saturated rings. The van der Waals surface area contributed by atoms with Crippen LogP contribution in [0.25, 0.3) is 0 Å². The van der Waals surface area contributed by atoms with Crippen LogP contribution in [0.4, 0.5) is 0 Å². The van der Waals surface area contributed by atoms with Crippen LogP contribution in [0.15, 0.2) is 0 Å². The Kier molecular flexibility index (Phi) is 3.00. The molecule has 0 aromatic carbocycles. The molecule has 0 radical (unpaired) electrons. The second-order valence-electron chi connectivity index (χ2n) is 3.42. The second kappa shape index (κ2) is 3.85. The third-order valence-electron chi connectivity index (χ3n) is 1.99. The predicted molar refractivity (Wildman–Crippen MR) is 45.7 cm³/mol. The molecule has 5 nitrogen and oxygen atoms in total. The smallest absolute Gasteiger partial charge is 0.321 e. The molecule has 0 aliphatic carbocycles. The summed E-state index contributed by atoms with van der Waals surface area (Å²) in [5, 5.41) is 2.64. The molecule has 1 saturated heterocycles. The first-order valence-corrected chi connectivity index (χ1v) is 4.24. The molecule has 13 heavy (non-hydrogen) atoms. The van der Waals surface area contributed by atoms with E-state index in [1.165, 1.54) is 0 Å². The number of nitrogens with one attached hydrogen (secondary N) is 1. The van der Waals surface area contributed by atoms with Crippen LogP contribution < -0.4 is 11.1 Å². The van der Waals surface area contributed by atoms with Crippen LogP contribution in [0, 0.1) is 5.92 Å². The Morgan fingerprint density at radius 1 is 1.69 bits per heavy atom. The number of ether oxygens (including phenoxy) is 1. The van der Waals surface area contributed by atoms with Crippen molar-refractivity contribution in [3.05, 3.63) is 0 Å². The lowest BCUT2D eigenvalue weighted by Crippen LogP contribution is -2.46. The molecule has 0 bridgehead atoms. The van der Waals surface area contributed by atoms with Crippen molar-refractivity contribution >= 4 is 11.8 Å². The van der Waals surface area contributed by atoms with Crippen LogP contribution in [0.2, 0.25) is 0 Å². The molecule has 5 heteroatoms. The summed E-state index contributed by atoms with van der Waals surface area (Å²) in [5.41, 5.74) is 5.60. The van der Waals surface area contributed by atoms with E-state index >= 15 is 0 Å². The van der Waals surface area contributed by atoms with Gasteiger partial charge in [0.15, 0.2) is 0 Å². The van der Waals surface area contributed by atoms with E-state index < -0.39 is 18.2 Å². The zero-order chi connectivity index (χ0) is 10.0. The van der Waals surface area contributed by atoms with Gasteiger partial charge < -0.3 is 10.5 Å². The van der Waals surface area contributed by atoms with Crippen LogP contribution in [-0.4, -0.2) is 30.6 Å². The summed E-state index contributed by atoms with van der Waals surface area (Å²) in [4.78, 5) is 22.1. The van der Waals surface area contributed by atoms with Gasteiger partial charge in [0.05, 0.1) is 12.6 Å². The Morgan fingerprint density at radius 3 is 2.69 bits per heavy atom. The Morgan fingerprint density at radius 2 is 2.31 bits per heavy atom. The van der Waals surface area contributed by atoms with Gasteiger partial charge >= 0.3 is 5.97 Å². The molecule has 0 spiro atoms. The fourth-order valence-electron chi connectivity index (χ4n) is 1.05. The van der Waals surface area contributed by atoms with Crippen molar-refractivity contribution in [1.29, 1.82) is 0 Å². The van der Waals surface area contributed by atoms with E-state index in [4.69, 9.17) is 10.5 Å². The molecule has 0 saturated carbocycles. The predicted octanol–water partition coefficient (Wildman–Crippen LogP) is -0.989. The molecule has 1 aliphatic rings. The third kappa shape index (κ3) is 2.26. The number of hydrogen-bond acceptors (Lipinski definition) is 5. The van der Waals surface area contributed by atoms with Crippen molar-refractivity contribution in [1.82, 2.24) is 5.32 Å². The summed E-state index contributed by atoms with van der Waals surface area (Å²) in [7, 11) is 0. The molecule has 1 rings (SSSR count). The van der Waals surface area contributed by atoms with Gasteiger partial charge in [-0.3, -0.25) is 14.9 Å². The molecule has 0 aromatic heterocycles. The molecule has 2 atom stereocenters. The Bertz CT molecular complexity index is 227. The van der Waals surface area contributed by atoms with Crippen LogP contribution in [0.5, 0.6) is 0 Å². The number of rotatable bonds is 3. The molecule has 1 unspecified atom stereocenters. The highest BCUT2D eigenvalue weighted by Gasteiger charge is 2.33. The summed E-state index contributed by atoms with van der Waals surface area (Å²) in [6, 6.07) is -0.580. The minimum absolute atomic E-state index is 0.0496. The van der Waals surface area contributed by atoms with E-state index in [9.17, 15) is 9.59 Å². The van der Waals surface area contributed by atoms with E-state index in [0.717, 1.165) is 0 Å². The minimum atomic E-state index is -0.843. The number of carbonyl (C=O) groups excluding carboxylic acids is 2. The van der Waals surface area contributed by atoms with Gasteiger partial charge in [-0.25, -0.2) is 0 Å². The quantitative estimate of drug-likeness (QED) is 0.553. The molecule has 3 N–H and O–H groups in total. The zero-order valence-electron chi connectivity index (χ0n) is 7.74. The first-order valence-electron chi connectivity index (χ1n) is 4.24. The number of hydrogen-bond donors (Lipinski definition) is 2. The second-order valence-corrected chi connectivity index (χ2v) is 3.42. The average molecular weight is 186 g/mol. The number of Topliss-reactive ketones (excluding diaryl/α,β-unsaturated/α-hetero) is 1. The molecule has 74 valence electrons. The number of cyclic esters (lactones) is 1. The maximum Gasteiger partial charge on any atom is 0.321 e. The molecular formula is C8H14N2O3. The van der Waals surface area contributed by atoms with Crippen molar-refractivity contribution in [3.63, 3.8) is 0 Å². The molecule has 0 amide bonds. The average Bonchev–Trinajstić information content (AvgIpc) is 2.49. The fraction of sp³-hybridized carbons (Fsp3) is 0.750. The minimum Gasteiger partial charge on any atom is -0.438 e. The van der Waals surface area contributed by atoms with Gasteiger partial charge in [-0.1, -0.05) is 13.8 Å². The largest absolute Gasteiger partial charge is 0.438 e. The van der Waals surface area contributed by atoms with Gasteiger partial charge in [0, 0.05) is 0 Å². The lowest BCUT2D eigenvalue weighted by Gasteiger charge is -2.17. The van der Waals surface area contributed by atoms with Crippen molar-refractivity contribution in [2.24, 2.45) is 11.7 Å². The van der Waals surface area contributed by atoms with Crippen molar-refractivity contribution < 1.29 is 14.3 Å². The molecular weight excluding hydrogens is 172 g/mol. The van der Waals surface area contributed by atoms with Crippen molar-refractivity contribution in [2.75, 3.05) is 6.54 Å². The van der Waals surface area contributed by atoms with Crippen LogP contribution in [0.3, 0.4) is 0 Å². The Labute approximate surface area is 76.6 Å². The SMILES string of the molecule is CC(C)[C@H](N)C(=O)C1NCC(=O)O1. The first-order chi connectivity index (χ1) is 6.02. The Hall–Kier alpha value is -0.940. The Balaban J connectivity index is 2.53.